The first-order chi connectivity index (χ1) is 6.15. The van der Waals surface area contributed by atoms with E-state index in [1.807, 2.05) is 18.2 Å². The Morgan fingerprint density at radius 3 is 2.77 bits per heavy atom. The summed E-state index contributed by atoms with van der Waals surface area (Å²) in [5.74, 6) is 0.436. The second-order valence-corrected chi connectivity index (χ2v) is 4.47. The first-order valence-electron chi connectivity index (χ1n) is 4.30. The predicted molar refractivity (Wildman–Crippen MR) is 61.2 cm³/mol. The van der Waals surface area contributed by atoms with Crippen LogP contribution in [0.15, 0.2) is 22.7 Å². The van der Waals surface area contributed by atoms with Crippen LogP contribution in [0.1, 0.15) is 24.8 Å². The lowest BCUT2D eigenvalue weighted by atomic mass is 9.98. The molecule has 0 aliphatic heterocycles. The molecule has 1 unspecified atom stereocenters. The van der Waals surface area contributed by atoms with Gasteiger partial charge in [0.25, 0.3) is 0 Å². The third-order valence-corrected chi connectivity index (χ3v) is 2.91. The molecule has 0 aromatic heterocycles. The van der Waals surface area contributed by atoms with Crippen LogP contribution in [0, 0.1) is 0 Å². The van der Waals surface area contributed by atoms with Crippen LogP contribution >= 0.6 is 27.5 Å². The highest BCUT2D eigenvalue weighted by Crippen LogP contribution is 2.28. The average molecular weight is 263 g/mol. The van der Waals surface area contributed by atoms with E-state index >= 15 is 0 Å². The molecule has 2 N–H and O–H groups in total. The van der Waals surface area contributed by atoms with E-state index in [0.29, 0.717) is 12.5 Å². The lowest BCUT2D eigenvalue weighted by molar-refractivity contribution is 0.690. The lowest BCUT2D eigenvalue weighted by Gasteiger charge is -2.12. The highest BCUT2D eigenvalue weighted by atomic mass is 79.9. The molecule has 3 heteroatoms. The van der Waals surface area contributed by atoms with E-state index in [1.54, 1.807) is 0 Å². The van der Waals surface area contributed by atoms with Gasteiger partial charge in [0.2, 0.25) is 0 Å². The molecular weight excluding hydrogens is 249 g/mol. The molecule has 0 heterocycles. The average Bonchev–Trinajstić information content (AvgIpc) is 2.04. The van der Waals surface area contributed by atoms with E-state index in [-0.39, 0.29) is 0 Å². The second kappa shape index (κ2) is 4.99. The normalized spacial score (nSPS) is 12.9. The summed E-state index contributed by atoms with van der Waals surface area (Å²) in [6, 6.07) is 5.98. The Bertz CT molecular complexity index is 288. The van der Waals surface area contributed by atoms with Crippen molar-refractivity contribution < 1.29 is 0 Å². The maximum atomic E-state index is 6.09. The predicted octanol–water partition coefficient (Wildman–Crippen LogP) is 3.55. The Kier molecular flexibility index (Phi) is 4.23. The van der Waals surface area contributed by atoms with Crippen LogP contribution in [0.25, 0.3) is 0 Å². The number of rotatable bonds is 3. The van der Waals surface area contributed by atoms with Crippen molar-refractivity contribution in [2.45, 2.75) is 19.3 Å². The fraction of sp³-hybridized carbons (Fsp3) is 0.400. The molecule has 0 aliphatic carbocycles. The Balaban J connectivity index is 2.88. The first-order valence-corrected chi connectivity index (χ1v) is 5.47. The molecule has 13 heavy (non-hydrogen) atoms. The number of hydrogen-bond donors (Lipinski definition) is 1. The molecule has 1 aromatic rings. The lowest BCUT2D eigenvalue weighted by Crippen LogP contribution is -2.04. The summed E-state index contributed by atoms with van der Waals surface area (Å²) < 4.78 is 1.01. The van der Waals surface area contributed by atoms with E-state index in [1.165, 1.54) is 5.56 Å². The number of halogens is 2. The van der Waals surface area contributed by atoms with Crippen molar-refractivity contribution in [1.29, 1.82) is 0 Å². The van der Waals surface area contributed by atoms with Gasteiger partial charge in [-0.3, -0.25) is 0 Å². The molecule has 0 spiro atoms. The van der Waals surface area contributed by atoms with Gasteiger partial charge < -0.3 is 5.73 Å². The van der Waals surface area contributed by atoms with Crippen molar-refractivity contribution in [3.63, 3.8) is 0 Å². The molecule has 0 saturated carbocycles. The van der Waals surface area contributed by atoms with Crippen molar-refractivity contribution in [2.24, 2.45) is 5.73 Å². The minimum absolute atomic E-state index is 0.436. The Morgan fingerprint density at radius 1 is 1.54 bits per heavy atom. The van der Waals surface area contributed by atoms with Crippen molar-refractivity contribution in [2.75, 3.05) is 6.54 Å². The molecule has 0 amide bonds. The highest BCUT2D eigenvalue weighted by Gasteiger charge is 2.08. The van der Waals surface area contributed by atoms with Crippen molar-refractivity contribution in [3.05, 3.63) is 33.3 Å². The zero-order valence-corrected chi connectivity index (χ0v) is 9.90. The van der Waals surface area contributed by atoms with Gasteiger partial charge in [0.05, 0.1) is 0 Å². The molecule has 0 radical (unpaired) electrons. The molecule has 1 nitrogen and oxygen atoms in total. The van der Waals surface area contributed by atoms with Crippen molar-refractivity contribution >= 4 is 27.5 Å². The maximum Gasteiger partial charge on any atom is 0.0451 e. The minimum Gasteiger partial charge on any atom is -0.330 e. The standard InChI is InChI=1S/C10H13BrClN/c1-7(4-5-13)9-3-2-8(11)6-10(9)12/h2-3,6-7H,4-5,13H2,1H3. The summed E-state index contributed by atoms with van der Waals surface area (Å²) in [4.78, 5) is 0. The van der Waals surface area contributed by atoms with E-state index in [0.717, 1.165) is 15.9 Å². The number of nitrogens with two attached hydrogens (primary N) is 1. The molecule has 1 aromatic carbocycles. The molecule has 72 valence electrons. The zero-order chi connectivity index (χ0) is 9.84. The number of benzene rings is 1. The van der Waals surface area contributed by atoms with Gasteiger partial charge in [0.15, 0.2) is 0 Å². The molecule has 1 rings (SSSR count). The smallest absolute Gasteiger partial charge is 0.0451 e. The molecule has 0 fully saturated rings. The largest absolute Gasteiger partial charge is 0.330 e. The highest BCUT2D eigenvalue weighted by molar-refractivity contribution is 9.10. The Labute approximate surface area is 92.4 Å². The summed E-state index contributed by atoms with van der Waals surface area (Å²) in [5, 5.41) is 0.815. The third kappa shape index (κ3) is 2.97. The van der Waals surface area contributed by atoms with Crippen LogP contribution in [0.2, 0.25) is 5.02 Å². The van der Waals surface area contributed by atoms with E-state index in [9.17, 15) is 0 Å². The monoisotopic (exact) mass is 261 g/mol. The van der Waals surface area contributed by atoms with Gasteiger partial charge in [-0.25, -0.2) is 0 Å². The quantitative estimate of drug-likeness (QED) is 0.886. The summed E-state index contributed by atoms with van der Waals surface area (Å²) in [6.45, 7) is 2.84. The van der Waals surface area contributed by atoms with Crippen molar-refractivity contribution in [3.8, 4) is 0 Å². The van der Waals surface area contributed by atoms with E-state index < -0.39 is 0 Å². The first kappa shape index (κ1) is 11.0. The van der Waals surface area contributed by atoms with Crippen LogP contribution in [0.3, 0.4) is 0 Å². The summed E-state index contributed by atoms with van der Waals surface area (Å²) in [7, 11) is 0. The van der Waals surface area contributed by atoms with E-state index in [4.69, 9.17) is 17.3 Å². The molecule has 0 bridgehead atoms. The van der Waals surface area contributed by atoms with Gasteiger partial charge in [0.1, 0.15) is 0 Å². The molecular formula is C10H13BrClN. The van der Waals surface area contributed by atoms with Crippen LogP contribution in [-0.2, 0) is 0 Å². The van der Waals surface area contributed by atoms with Gasteiger partial charge >= 0.3 is 0 Å². The summed E-state index contributed by atoms with van der Waals surface area (Å²) in [5.41, 5.74) is 6.67. The second-order valence-electron chi connectivity index (χ2n) is 3.14. The van der Waals surface area contributed by atoms with Crippen molar-refractivity contribution in [1.82, 2.24) is 0 Å². The Morgan fingerprint density at radius 2 is 2.23 bits per heavy atom. The topological polar surface area (TPSA) is 26.0 Å². The summed E-state index contributed by atoms with van der Waals surface area (Å²) in [6.07, 6.45) is 0.974. The van der Waals surface area contributed by atoms with Gasteiger partial charge in [-0.15, -0.1) is 0 Å². The minimum atomic E-state index is 0.436. The van der Waals surface area contributed by atoms with Crippen LogP contribution in [0.4, 0.5) is 0 Å². The fourth-order valence-electron chi connectivity index (χ4n) is 1.31. The molecule has 0 aliphatic rings. The van der Waals surface area contributed by atoms with Gasteiger partial charge in [-0.1, -0.05) is 40.5 Å². The SMILES string of the molecule is CC(CCN)c1ccc(Br)cc1Cl. The fourth-order valence-corrected chi connectivity index (χ4v) is 2.17. The zero-order valence-electron chi connectivity index (χ0n) is 7.56. The molecule has 1 atom stereocenters. The molecule has 0 saturated heterocycles. The van der Waals surface area contributed by atoms with Gasteiger partial charge in [-0.05, 0) is 36.6 Å². The van der Waals surface area contributed by atoms with Gasteiger partial charge in [-0.2, -0.15) is 0 Å². The maximum absolute atomic E-state index is 6.09. The van der Waals surface area contributed by atoms with Crippen LogP contribution in [0.5, 0.6) is 0 Å². The number of hydrogen-bond acceptors (Lipinski definition) is 1. The van der Waals surface area contributed by atoms with Gasteiger partial charge in [0, 0.05) is 9.50 Å². The summed E-state index contributed by atoms with van der Waals surface area (Å²) >= 11 is 9.46. The Hall–Kier alpha value is -0.0500. The van der Waals surface area contributed by atoms with E-state index in [2.05, 4.69) is 22.9 Å². The van der Waals surface area contributed by atoms with Crippen LogP contribution in [-0.4, -0.2) is 6.54 Å². The third-order valence-electron chi connectivity index (χ3n) is 2.09. The van der Waals surface area contributed by atoms with Crippen LogP contribution < -0.4 is 5.73 Å².